The summed E-state index contributed by atoms with van der Waals surface area (Å²) in [4.78, 5) is -0.168. The van der Waals surface area contributed by atoms with Crippen molar-refractivity contribution in [2.45, 2.75) is 36.7 Å². The molecule has 0 radical (unpaired) electrons. The Hall–Kier alpha value is -1.55. The van der Waals surface area contributed by atoms with Gasteiger partial charge in [0.05, 0.1) is 27.7 Å². The zero-order valence-electron chi connectivity index (χ0n) is 15.1. The van der Waals surface area contributed by atoms with Gasteiger partial charge in [-0.25, -0.2) is 21.9 Å². The standard InChI is InChI=1S/C19H21BrF2N2O3S/c1-11(12-2-3-12)24-28(26,27)14-5-7-18(17(22)9-14)23-19(10-25)13-4-6-15(20)16(21)8-13/h4-9,11-12,19,23-25H,2-3,10H2,1H3/t11-,19?/m1/s1. The van der Waals surface area contributed by atoms with Crippen molar-refractivity contribution in [3.05, 3.63) is 58.1 Å². The summed E-state index contributed by atoms with van der Waals surface area (Å²) in [6.45, 7) is 1.39. The van der Waals surface area contributed by atoms with Crippen molar-refractivity contribution < 1.29 is 22.3 Å². The van der Waals surface area contributed by atoms with Gasteiger partial charge in [0.1, 0.15) is 11.6 Å². The molecule has 0 spiro atoms. The predicted octanol–water partition coefficient (Wildman–Crippen LogP) is 3.95. The number of hydrogen-bond acceptors (Lipinski definition) is 4. The van der Waals surface area contributed by atoms with Crippen molar-refractivity contribution in [2.24, 2.45) is 5.92 Å². The highest BCUT2D eigenvalue weighted by Gasteiger charge is 2.31. The lowest BCUT2D eigenvalue weighted by molar-refractivity contribution is 0.276. The Morgan fingerprint density at radius 2 is 1.89 bits per heavy atom. The van der Waals surface area contributed by atoms with Crippen LogP contribution in [-0.2, 0) is 10.0 Å². The maximum absolute atomic E-state index is 14.5. The van der Waals surface area contributed by atoms with Crippen LogP contribution >= 0.6 is 15.9 Å². The lowest BCUT2D eigenvalue weighted by atomic mass is 10.1. The molecule has 0 heterocycles. The summed E-state index contributed by atoms with van der Waals surface area (Å²) in [6.07, 6.45) is 1.97. The summed E-state index contributed by atoms with van der Waals surface area (Å²) >= 11 is 3.05. The van der Waals surface area contributed by atoms with Crippen LogP contribution in [0.25, 0.3) is 0 Å². The van der Waals surface area contributed by atoms with Gasteiger partial charge in [0, 0.05) is 6.04 Å². The first-order valence-electron chi connectivity index (χ1n) is 8.85. The van der Waals surface area contributed by atoms with Gasteiger partial charge in [-0.05, 0) is 77.5 Å². The Bertz CT molecular complexity index is 968. The second-order valence-electron chi connectivity index (χ2n) is 6.94. The summed E-state index contributed by atoms with van der Waals surface area (Å²) in [5, 5.41) is 12.4. The van der Waals surface area contributed by atoms with E-state index >= 15 is 0 Å². The molecular formula is C19H21BrF2N2O3S. The molecule has 1 saturated carbocycles. The fourth-order valence-corrected chi connectivity index (χ4v) is 4.51. The van der Waals surface area contributed by atoms with Gasteiger partial charge < -0.3 is 10.4 Å². The number of aliphatic hydroxyl groups is 1. The van der Waals surface area contributed by atoms with Gasteiger partial charge in [-0.2, -0.15) is 0 Å². The van der Waals surface area contributed by atoms with Crippen molar-refractivity contribution in [3.63, 3.8) is 0 Å². The summed E-state index contributed by atoms with van der Waals surface area (Å²) < 4.78 is 56.0. The van der Waals surface area contributed by atoms with E-state index in [1.54, 1.807) is 13.0 Å². The van der Waals surface area contributed by atoms with Crippen LogP contribution in [0.3, 0.4) is 0 Å². The van der Waals surface area contributed by atoms with Crippen LogP contribution in [0.5, 0.6) is 0 Å². The SMILES string of the molecule is C[C@@H](NS(=O)(=O)c1ccc(NC(CO)c2ccc(Br)c(F)c2)c(F)c1)C1CC1. The highest BCUT2D eigenvalue weighted by atomic mass is 79.9. The topological polar surface area (TPSA) is 78.4 Å². The third-order valence-electron chi connectivity index (χ3n) is 4.78. The van der Waals surface area contributed by atoms with Crippen LogP contribution in [0.1, 0.15) is 31.4 Å². The molecule has 3 N–H and O–H groups in total. The van der Waals surface area contributed by atoms with Gasteiger partial charge in [-0.3, -0.25) is 0 Å². The molecule has 1 aliphatic rings. The molecular weight excluding hydrogens is 454 g/mol. The third kappa shape index (κ3) is 4.89. The molecule has 9 heteroatoms. The number of benzene rings is 2. The van der Waals surface area contributed by atoms with E-state index in [9.17, 15) is 22.3 Å². The van der Waals surface area contributed by atoms with Crippen molar-refractivity contribution in [2.75, 3.05) is 11.9 Å². The summed E-state index contributed by atoms with van der Waals surface area (Å²) in [5.41, 5.74) is 0.441. The lowest BCUT2D eigenvalue weighted by Gasteiger charge is -2.19. The van der Waals surface area contributed by atoms with Gasteiger partial charge >= 0.3 is 0 Å². The van der Waals surface area contributed by atoms with Crippen LogP contribution in [0.15, 0.2) is 45.8 Å². The number of rotatable bonds is 8. The number of hydrogen-bond donors (Lipinski definition) is 3. The summed E-state index contributed by atoms with van der Waals surface area (Å²) in [7, 11) is -3.82. The van der Waals surface area contributed by atoms with E-state index in [2.05, 4.69) is 26.0 Å². The minimum atomic E-state index is -3.82. The summed E-state index contributed by atoms with van der Waals surface area (Å²) in [6, 6.07) is 6.89. The summed E-state index contributed by atoms with van der Waals surface area (Å²) in [5.74, 6) is -0.953. The first-order chi connectivity index (χ1) is 13.2. The lowest BCUT2D eigenvalue weighted by Crippen LogP contribution is -2.34. The van der Waals surface area contributed by atoms with Gasteiger partial charge in [0.2, 0.25) is 10.0 Å². The van der Waals surface area contributed by atoms with E-state index in [1.165, 1.54) is 24.3 Å². The fraction of sp³-hybridized carbons (Fsp3) is 0.368. The Balaban J connectivity index is 1.78. The van der Waals surface area contributed by atoms with Gasteiger partial charge in [0.25, 0.3) is 0 Å². The molecule has 5 nitrogen and oxygen atoms in total. The number of sulfonamides is 1. The van der Waals surface area contributed by atoms with Crippen LogP contribution < -0.4 is 10.0 Å². The number of anilines is 1. The van der Waals surface area contributed by atoms with Crippen molar-refractivity contribution in [3.8, 4) is 0 Å². The molecule has 3 rings (SSSR count). The number of halogens is 3. The monoisotopic (exact) mass is 474 g/mol. The smallest absolute Gasteiger partial charge is 0.240 e. The Morgan fingerprint density at radius 3 is 2.46 bits per heavy atom. The molecule has 0 saturated heterocycles. The molecule has 152 valence electrons. The van der Waals surface area contributed by atoms with Crippen LogP contribution in [0.2, 0.25) is 0 Å². The molecule has 0 amide bonds. The second kappa shape index (κ2) is 8.44. The van der Waals surface area contributed by atoms with E-state index in [1.807, 2.05) is 0 Å². The zero-order valence-corrected chi connectivity index (χ0v) is 17.5. The van der Waals surface area contributed by atoms with E-state index in [-0.39, 0.29) is 21.1 Å². The molecule has 2 atom stereocenters. The average Bonchev–Trinajstić information content (AvgIpc) is 3.48. The molecule has 1 fully saturated rings. The first kappa shape index (κ1) is 21.2. The van der Waals surface area contributed by atoms with E-state index < -0.39 is 34.3 Å². The quantitative estimate of drug-likeness (QED) is 0.541. The van der Waals surface area contributed by atoms with Crippen molar-refractivity contribution in [1.29, 1.82) is 0 Å². The van der Waals surface area contributed by atoms with E-state index in [4.69, 9.17) is 0 Å². The van der Waals surface area contributed by atoms with Crippen LogP contribution in [0, 0.1) is 17.6 Å². The molecule has 2 aromatic carbocycles. The Morgan fingerprint density at radius 1 is 1.18 bits per heavy atom. The van der Waals surface area contributed by atoms with Gasteiger partial charge in [0.15, 0.2) is 0 Å². The minimum Gasteiger partial charge on any atom is -0.394 e. The normalized spacial score (nSPS) is 16.6. The average molecular weight is 475 g/mol. The maximum Gasteiger partial charge on any atom is 0.240 e. The van der Waals surface area contributed by atoms with Gasteiger partial charge in [-0.1, -0.05) is 6.07 Å². The van der Waals surface area contributed by atoms with Crippen LogP contribution in [-0.4, -0.2) is 26.2 Å². The highest BCUT2D eigenvalue weighted by molar-refractivity contribution is 9.10. The zero-order chi connectivity index (χ0) is 20.5. The Kier molecular flexibility index (Phi) is 6.38. The Labute approximate surface area is 171 Å². The first-order valence-corrected chi connectivity index (χ1v) is 11.1. The third-order valence-corrected chi connectivity index (χ3v) is 6.98. The molecule has 0 aliphatic heterocycles. The molecule has 1 unspecified atom stereocenters. The molecule has 0 bridgehead atoms. The van der Waals surface area contributed by atoms with Crippen molar-refractivity contribution >= 4 is 31.6 Å². The highest BCUT2D eigenvalue weighted by Crippen LogP contribution is 2.33. The fourth-order valence-electron chi connectivity index (χ4n) is 2.94. The molecule has 28 heavy (non-hydrogen) atoms. The number of aliphatic hydroxyl groups excluding tert-OH is 1. The number of nitrogens with one attached hydrogen (secondary N) is 2. The van der Waals surface area contributed by atoms with E-state index in [0.717, 1.165) is 18.9 Å². The van der Waals surface area contributed by atoms with Crippen LogP contribution in [0.4, 0.5) is 14.5 Å². The van der Waals surface area contributed by atoms with Crippen molar-refractivity contribution in [1.82, 2.24) is 4.72 Å². The minimum absolute atomic E-state index is 0.0107. The van der Waals surface area contributed by atoms with E-state index in [0.29, 0.717) is 11.5 Å². The largest absolute Gasteiger partial charge is 0.394 e. The predicted molar refractivity (Wildman–Crippen MR) is 106 cm³/mol. The maximum atomic E-state index is 14.5. The molecule has 2 aromatic rings. The van der Waals surface area contributed by atoms with Gasteiger partial charge in [-0.15, -0.1) is 0 Å². The molecule has 0 aromatic heterocycles. The second-order valence-corrected chi connectivity index (χ2v) is 9.51. The molecule has 1 aliphatic carbocycles.